The van der Waals surface area contributed by atoms with Gasteiger partial charge in [-0.25, -0.2) is 0 Å². The van der Waals surface area contributed by atoms with Crippen LogP contribution in [0.1, 0.15) is 0 Å². The van der Waals surface area contributed by atoms with Crippen LogP contribution >= 0.6 is 11.8 Å². The molecule has 1 aromatic rings. The van der Waals surface area contributed by atoms with Crippen LogP contribution in [0.25, 0.3) is 0 Å². The smallest absolute Gasteiger partial charge is 0.262 e. The second kappa shape index (κ2) is 5.07. The van der Waals surface area contributed by atoms with E-state index >= 15 is 0 Å². The Balaban J connectivity index is 2.02. The highest BCUT2D eigenvalue weighted by atomic mass is 32.2. The Bertz CT molecular complexity index is 406. The minimum absolute atomic E-state index is 0.0816. The third-order valence-electron chi connectivity index (χ3n) is 2.22. The summed E-state index contributed by atoms with van der Waals surface area (Å²) in [6.45, 7) is 4.03. The summed E-state index contributed by atoms with van der Waals surface area (Å²) in [5, 5.41) is 2.74. The van der Waals surface area contributed by atoms with Crippen molar-refractivity contribution in [1.29, 1.82) is 0 Å². The molecule has 1 N–H and O–H groups in total. The maximum atomic E-state index is 11.7. The van der Waals surface area contributed by atoms with Crippen molar-refractivity contribution in [3.8, 4) is 5.75 Å². The average molecular weight is 235 g/mol. The van der Waals surface area contributed by atoms with Gasteiger partial charge in [-0.2, -0.15) is 0 Å². The summed E-state index contributed by atoms with van der Waals surface area (Å²) in [5.41, 5.74) is 0. The number of para-hydroxylation sites is 1. The molecule has 3 nitrogen and oxygen atoms in total. The molecular formula is C12H13NO2S. The van der Waals surface area contributed by atoms with E-state index in [4.69, 9.17) is 4.74 Å². The second-order valence-corrected chi connectivity index (χ2v) is 4.46. The molecule has 1 atom stereocenters. The van der Waals surface area contributed by atoms with Gasteiger partial charge in [0.2, 0.25) is 0 Å². The van der Waals surface area contributed by atoms with Crippen LogP contribution in [0.5, 0.6) is 5.75 Å². The van der Waals surface area contributed by atoms with Crippen LogP contribution in [0, 0.1) is 0 Å². The fraction of sp³-hybridized carbons (Fsp3) is 0.250. The van der Waals surface area contributed by atoms with E-state index in [0.29, 0.717) is 12.3 Å². The number of carbonyl (C=O) groups excluding carboxylic acids is 1. The third-order valence-corrected chi connectivity index (χ3v) is 3.34. The standard InChI is InChI=1S/C12H13NO2S/c1-2-7-13-12(14)10-8-16-11-6-4-3-5-9(11)15-10/h2-6,10H,1,7-8H2,(H,13,14). The van der Waals surface area contributed by atoms with Crippen LogP contribution in [0.3, 0.4) is 0 Å². The van der Waals surface area contributed by atoms with Crippen LogP contribution in [-0.2, 0) is 4.79 Å². The first-order valence-electron chi connectivity index (χ1n) is 5.08. The van der Waals surface area contributed by atoms with Crippen LogP contribution in [-0.4, -0.2) is 24.3 Å². The SMILES string of the molecule is C=CCNC(=O)C1CSc2ccccc2O1. The van der Waals surface area contributed by atoms with Crippen LogP contribution < -0.4 is 10.1 Å². The molecule has 4 heteroatoms. The lowest BCUT2D eigenvalue weighted by atomic mass is 10.3. The lowest BCUT2D eigenvalue weighted by Gasteiger charge is -2.24. The second-order valence-electron chi connectivity index (χ2n) is 3.40. The molecule has 16 heavy (non-hydrogen) atoms. The van der Waals surface area contributed by atoms with E-state index in [1.165, 1.54) is 0 Å². The van der Waals surface area contributed by atoms with Gasteiger partial charge in [-0.3, -0.25) is 4.79 Å². The minimum Gasteiger partial charge on any atom is -0.479 e. The van der Waals surface area contributed by atoms with Gasteiger partial charge in [0.15, 0.2) is 6.10 Å². The van der Waals surface area contributed by atoms with Crippen molar-refractivity contribution in [1.82, 2.24) is 5.32 Å². The van der Waals surface area contributed by atoms with Gasteiger partial charge >= 0.3 is 0 Å². The molecule has 0 saturated heterocycles. The van der Waals surface area contributed by atoms with Crippen molar-refractivity contribution in [3.05, 3.63) is 36.9 Å². The molecule has 0 radical (unpaired) electrons. The molecule has 0 bridgehead atoms. The van der Waals surface area contributed by atoms with Crippen LogP contribution in [0.2, 0.25) is 0 Å². The maximum Gasteiger partial charge on any atom is 0.262 e. The number of nitrogens with one attached hydrogen (secondary N) is 1. The highest BCUT2D eigenvalue weighted by Crippen LogP contribution is 2.34. The van der Waals surface area contributed by atoms with E-state index < -0.39 is 6.10 Å². The van der Waals surface area contributed by atoms with Crippen LogP contribution in [0.15, 0.2) is 41.8 Å². The summed E-state index contributed by atoms with van der Waals surface area (Å²) < 4.78 is 5.62. The zero-order chi connectivity index (χ0) is 11.4. The number of thioether (sulfide) groups is 1. The first-order chi connectivity index (χ1) is 7.81. The lowest BCUT2D eigenvalue weighted by molar-refractivity contribution is -0.127. The topological polar surface area (TPSA) is 38.3 Å². The van der Waals surface area contributed by atoms with Crippen LogP contribution in [0.4, 0.5) is 0 Å². The molecule has 84 valence electrons. The Hall–Kier alpha value is -1.42. The number of fused-ring (bicyclic) bond motifs is 1. The van der Waals surface area contributed by atoms with Crippen molar-refractivity contribution in [2.75, 3.05) is 12.3 Å². The largest absolute Gasteiger partial charge is 0.479 e. The summed E-state index contributed by atoms with van der Waals surface area (Å²) in [5.74, 6) is 1.36. The van der Waals surface area contributed by atoms with Crippen molar-refractivity contribution >= 4 is 17.7 Å². The molecule has 1 aliphatic rings. The zero-order valence-electron chi connectivity index (χ0n) is 8.81. The number of benzene rings is 1. The van der Waals surface area contributed by atoms with Gasteiger partial charge in [0.1, 0.15) is 5.75 Å². The fourth-order valence-corrected chi connectivity index (χ4v) is 2.42. The Kier molecular flexibility index (Phi) is 3.51. The van der Waals surface area contributed by atoms with Crippen molar-refractivity contribution < 1.29 is 9.53 Å². The van der Waals surface area contributed by atoms with Gasteiger partial charge in [0.05, 0.1) is 0 Å². The summed E-state index contributed by atoms with van der Waals surface area (Å²) in [6.07, 6.45) is 1.25. The van der Waals surface area contributed by atoms with Crippen molar-refractivity contribution in [3.63, 3.8) is 0 Å². The number of hydrogen-bond donors (Lipinski definition) is 1. The summed E-state index contributed by atoms with van der Waals surface area (Å²) in [4.78, 5) is 12.8. The Labute approximate surface area is 98.9 Å². The number of rotatable bonds is 3. The fourth-order valence-electron chi connectivity index (χ4n) is 1.44. The van der Waals surface area contributed by atoms with Gasteiger partial charge in [0.25, 0.3) is 5.91 Å². The quantitative estimate of drug-likeness (QED) is 0.812. The van der Waals surface area contributed by atoms with E-state index in [1.54, 1.807) is 17.8 Å². The van der Waals surface area contributed by atoms with Gasteiger partial charge in [0, 0.05) is 17.2 Å². The molecule has 1 aromatic carbocycles. The molecule has 1 aliphatic heterocycles. The molecule has 0 spiro atoms. The molecule has 0 aromatic heterocycles. The van der Waals surface area contributed by atoms with E-state index in [2.05, 4.69) is 11.9 Å². The maximum absolute atomic E-state index is 11.7. The highest BCUT2D eigenvalue weighted by molar-refractivity contribution is 7.99. The molecule has 0 aliphatic carbocycles. The molecule has 0 saturated carbocycles. The van der Waals surface area contributed by atoms with Gasteiger partial charge in [-0.1, -0.05) is 18.2 Å². The number of ether oxygens (including phenoxy) is 1. The first kappa shape index (κ1) is 11.1. The zero-order valence-corrected chi connectivity index (χ0v) is 9.63. The van der Waals surface area contributed by atoms with Crippen molar-refractivity contribution in [2.45, 2.75) is 11.0 Å². The van der Waals surface area contributed by atoms with Gasteiger partial charge < -0.3 is 10.1 Å². The summed E-state index contributed by atoms with van der Waals surface area (Å²) >= 11 is 1.65. The predicted octanol–water partition coefficient (Wildman–Crippen LogP) is 1.84. The molecule has 1 unspecified atom stereocenters. The first-order valence-corrected chi connectivity index (χ1v) is 6.07. The number of hydrogen-bond acceptors (Lipinski definition) is 3. The summed E-state index contributed by atoms with van der Waals surface area (Å²) in [7, 11) is 0. The van der Waals surface area contributed by atoms with Gasteiger partial charge in [-0.05, 0) is 12.1 Å². The Morgan fingerprint density at radius 3 is 3.25 bits per heavy atom. The summed E-state index contributed by atoms with van der Waals surface area (Å²) in [6, 6.07) is 7.75. The van der Waals surface area contributed by atoms with E-state index in [9.17, 15) is 4.79 Å². The minimum atomic E-state index is -0.403. The number of amides is 1. The van der Waals surface area contributed by atoms with E-state index in [0.717, 1.165) is 10.6 Å². The van der Waals surface area contributed by atoms with Gasteiger partial charge in [-0.15, -0.1) is 18.3 Å². The lowest BCUT2D eigenvalue weighted by Crippen LogP contribution is -2.41. The van der Waals surface area contributed by atoms with E-state index in [1.807, 2.05) is 24.3 Å². The highest BCUT2D eigenvalue weighted by Gasteiger charge is 2.25. The molecule has 0 fully saturated rings. The monoisotopic (exact) mass is 235 g/mol. The number of carbonyl (C=O) groups is 1. The molecule has 2 rings (SSSR count). The molecule has 1 amide bonds. The molecule has 1 heterocycles. The predicted molar refractivity (Wildman–Crippen MR) is 64.8 cm³/mol. The Morgan fingerprint density at radius 2 is 2.44 bits per heavy atom. The molecular weight excluding hydrogens is 222 g/mol. The normalized spacial score (nSPS) is 18.1. The van der Waals surface area contributed by atoms with Crippen molar-refractivity contribution in [2.24, 2.45) is 0 Å². The average Bonchev–Trinajstić information content (AvgIpc) is 2.35. The third kappa shape index (κ3) is 2.39. The Morgan fingerprint density at radius 1 is 1.62 bits per heavy atom. The van der Waals surface area contributed by atoms with E-state index in [-0.39, 0.29) is 5.91 Å².